The van der Waals surface area contributed by atoms with Crippen molar-refractivity contribution in [1.82, 2.24) is 8.87 Å². The highest BCUT2D eigenvalue weighted by Gasteiger charge is 2.37. The zero-order valence-corrected chi connectivity index (χ0v) is 25.1. The van der Waals surface area contributed by atoms with Crippen molar-refractivity contribution in [2.75, 3.05) is 38.2 Å². The van der Waals surface area contributed by atoms with Gasteiger partial charge in [0.2, 0.25) is 0 Å². The molecule has 5 rings (SSSR count). The summed E-state index contributed by atoms with van der Waals surface area (Å²) in [5.74, 6) is -0.0334. The highest BCUT2D eigenvalue weighted by molar-refractivity contribution is 9.10. The molecule has 1 saturated heterocycles. The molecular formula is C26H23BrCl3N3O4S. The Morgan fingerprint density at radius 2 is 1.63 bits per heavy atom. The smallest absolute Gasteiger partial charge is 0.274 e. The van der Waals surface area contributed by atoms with Crippen LogP contribution >= 0.6 is 50.7 Å². The fourth-order valence-corrected chi connectivity index (χ4v) is 7.28. The summed E-state index contributed by atoms with van der Waals surface area (Å²) in [5, 5.41) is 2.07. The number of aromatic nitrogens is 1. The van der Waals surface area contributed by atoms with E-state index < -0.39 is 19.7 Å². The van der Waals surface area contributed by atoms with Gasteiger partial charge in [-0.2, -0.15) is 0 Å². The van der Waals surface area contributed by atoms with Crippen LogP contribution in [-0.4, -0.2) is 60.3 Å². The summed E-state index contributed by atoms with van der Waals surface area (Å²) in [4.78, 5) is 16.1. The van der Waals surface area contributed by atoms with E-state index in [0.29, 0.717) is 53.9 Å². The summed E-state index contributed by atoms with van der Waals surface area (Å²) in [6.07, 6.45) is 1.65. The molecule has 0 atom stereocenters. The molecule has 12 heteroatoms. The first-order valence-electron chi connectivity index (χ1n) is 11.7. The van der Waals surface area contributed by atoms with Crippen LogP contribution in [-0.2, 0) is 14.8 Å². The quantitative estimate of drug-likeness (QED) is 0.247. The molecule has 0 N–H and O–H groups in total. The standard InChI is InChI=1S/C26H23BrCl3N3O4S/c1-16-15-33(21-13-17(27)7-8-18(16)21)38(35,36)23-14-22(24(37-2)20-6-4-3-5-19(20)23)31-9-11-32(12-10-31)25(34)26(28,29)30/h3-8,13-15H,9-12H2,1-2H3. The van der Waals surface area contributed by atoms with Crippen molar-refractivity contribution < 1.29 is 17.9 Å². The molecule has 0 radical (unpaired) electrons. The van der Waals surface area contributed by atoms with Gasteiger partial charge in [-0.15, -0.1) is 0 Å². The molecule has 0 unspecified atom stereocenters. The number of halogens is 4. The Hall–Kier alpha value is -2.17. The summed E-state index contributed by atoms with van der Waals surface area (Å²) in [7, 11) is -2.46. The Kier molecular flexibility index (Phi) is 7.28. The molecule has 1 amide bonds. The van der Waals surface area contributed by atoms with Crippen LogP contribution in [0.25, 0.3) is 21.7 Å². The molecule has 4 aromatic rings. The van der Waals surface area contributed by atoms with Crippen molar-refractivity contribution in [3.63, 3.8) is 0 Å². The second-order valence-electron chi connectivity index (χ2n) is 9.02. The monoisotopic (exact) mass is 657 g/mol. The molecule has 0 bridgehead atoms. The molecule has 3 aromatic carbocycles. The summed E-state index contributed by atoms with van der Waals surface area (Å²) in [6, 6.07) is 14.5. The third-order valence-corrected chi connectivity index (χ3v) is 9.45. The van der Waals surface area contributed by atoms with Crippen molar-refractivity contribution in [2.24, 2.45) is 0 Å². The Bertz CT molecular complexity index is 1680. The molecule has 2 heterocycles. The average molecular weight is 660 g/mol. The second-order valence-corrected chi connectivity index (χ2v) is 14.0. The first-order chi connectivity index (χ1) is 17.9. The van der Waals surface area contributed by atoms with Crippen LogP contribution in [0, 0.1) is 6.92 Å². The number of methoxy groups -OCH3 is 1. The van der Waals surface area contributed by atoms with Gasteiger partial charge < -0.3 is 14.5 Å². The third-order valence-electron chi connectivity index (χ3n) is 6.76. The lowest BCUT2D eigenvalue weighted by atomic mass is 10.1. The van der Waals surface area contributed by atoms with E-state index in [4.69, 9.17) is 39.5 Å². The minimum Gasteiger partial charge on any atom is -0.494 e. The number of carbonyl (C=O) groups excluding carboxylic acids is 1. The lowest BCUT2D eigenvalue weighted by Gasteiger charge is -2.38. The second kappa shape index (κ2) is 10.1. The highest BCUT2D eigenvalue weighted by Crippen LogP contribution is 2.42. The van der Waals surface area contributed by atoms with Gasteiger partial charge in [-0.1, -0.05) is 81.1 Å². The van der Waals surface area contributed by atoms with Crippen LogP contribution in [0.4, 0.5) is 5.69 Å². The molecule has 0 saturated carbocycles. The number of carbonyl (C=O) groups is 1. The van der Waals surface area contributed by atoms with E-state index in [-0.39, 0.29) is 4.90 Å². The van der Waals surface area contributed by atoms with E-state index in [9.17, 15) is 13.2 Å². The number of benzene rings is 3. The van der Waals surface area contributed by atoms with E-state index in [2.05, 4.69) is 15.9 Å². The van der Waals surface area contributed by atoms with Crippen LogP contribution in [0.5, 0.6) is 5.75 Å². The highest BCUT2D eigenvalue weighted by atomic mass is 79.9. The number of piperazine rings is 1. The van der Waals surface area contributed by atoms with Gasteiger partial charge in [-0.05, 0) is 30.7 Å². The number of alkyl halides is 3. The SMILES string of the molecule is COc1c(N2CCN(C(=O)C(Cl)(Cl)Cl)CC2)cc(S(=O)(=O)n2cc(C)c3ccc(Br)cc32)c2ccccc12. The molecule has 200 valence electrons. The van der Waals surface area contributed by atoms with Gasteiger partial charge in [0.15, 0.2) is 0 Å². The van der Waals surface area contributed by atoms with Crippen molar-refractivity contribution in [2.45, 2.75) is 15.6 Å². The number of hydrogen-bond acceptors (Lipinski definition) is 5. The van der Waals surface area contributed by atoms with Gasteiger partial charge in [0.05, 0.1) is 23.2 Å². The molecule has 1 aliphatic heterocycles. The minimum absolute atomic E-state index is 0.153. The number of rotatable bonds is 4. The van der Waals surface area contributed by atoms with Crippen LogP contribution in [0.3, 0.4) is 0 Å². The fraction of sp³-hybridized carbons (Fsp3) is 0.269. The Labute approximate surface area is 244 Å². The van der Waals surface area contributed by atoms with Crippen LogP contribution in [0.15, 0.2) is 64.1 Å². The molecule has 7 nitrogen and oxygen atoms in total. The number of amides is 1. The zero-order chi connectivity index (χ0) is 27.4. The van der Waals surface area contributed by atoms with E-state index in [0.717, 1.165) is 15.4 Å². The van der Waals surface area contributed by atoms with Gasteiger partial charge in [-0.3, -0.25) is 4.79 Å². The van der Waals surface area contributed by atoms with Gasteiger partial charge in [-0.25, -0.2) is 12.4 Å². The molecule has 0 aliphatic carbocycles. The number of ether oxygens (including phenoxy) is 1. The van der Waals surface area contributed by atoms with Crippen molar-refractivity contribution in [3.8, 4) is 5.75 Å². The van der Waals surface area contributed by atoms with Crippen LogP contribution < -0.4 is 9.64 Å². The van der Waals surface area contributed by atoms with E-state index in [1.807, 2.05) is 36.1 Å². The van der Waals surface area contributed by atoms with E-state index in [1.54, 1.807) is 37.6 Å². The van der Waals surface area contributed by atoms with E-state index in [1.165, 1.54) is 8.87 Å². The molecule has 1 aromatic heterocycles. The third kappa shape index (κ3) is 4.73. The van der Waals surface area contributed by atoms with Crippen molar-refractivity contribution in [3.05, 3.63) is 64.8 Å². The number of aryl methyl sites for hydroxylation is 1. The zero-order valence-electron chi connectivity index (χ0n) is 20.4. The summed E-state index contributed by atoms with van der Waals surface area (Å²) in [6.45, 7) is 3.30. The van der Waals surface area contributed by atoms with E-state index >= 15 is 0 Å². The van der Waals surface area contributed by atoms with Gasteiger partial charge in [0.25, 0.3) is 19.7 Å². The summed E-state index contributed by atoms with van der Waals surface area (Å²) < 4.78 is 34.4. The minimum atomic E-state index is -4.02. The van der Waals surface area contributed by atoms with Gasteiger partial charge in [0, 0.05) is 53.0 Å². The molecule has 1 aliphatic rings. The largest absolute Gasteiger partial charge is 0.494 e. The Morgan fingerprint density at radius 1 is 0.974 bits per heavy atom. The van der Waals surface area contributed by atoms with Crippen molar-refractivity contribution >= 4 is 94.0 Å². The Balaban J connectivity index is 1.65. The maximum absolute atomic E-state index is 14.3. The molecule has 0 spiro atoms. The number of hydrogen-bond donors (Lipinski definition) is 0. The van der Waals surface area contributed by atoms with Crippen LogP contribution in [0.2, 0.25) is 0 Å². The average Bonchev–Trinajstić information content (AvgIpc) is 3.22. The molecule has 38 heavy (non-hydrogen) atoms. The first kappa shape index (κ1) is 27.4. The fourth-order valence-electron chi connectivity index (χ4n) is 4.93. The lowest BCUT2D eigenvalue weighted by molar-refractivity contribution is -0.130. The first-order valence-corrected chi connectivity index (χ1v) is 15.0. The molecule has 1 fully saturated rings. The van der Waals surface area contributed by atoms with Crippen LogP contribution in [0.1, 0.15) is 5.56 Å². The summed E-state index contributed by atoms with van der Waals surface area (Å²) in [5.41, 5.74) is 2.04. The normalized spacial score (nSPS) is 14.9. The lowest BCUT2D eigenvalue weighted by Crippen LogP contribution is -2.51. The maximum atomic E-state index is 14.3. The van der Waals surface area contributed by atoms with Gasteiger partial charge >= 0.3 is 0 Å². The van der Waals surface area contributed by atoms with Gasteiger partial charge in [0.1, 0.15) is 5.75 Å². The predicted octanol–water partition coefficient (Wildman–Crippen LogP) is 6.13. The molecular weight excluding hydrogens is 637 g/mol. The number of nitrogens with zero attached hydrogens (tertiary/aromatic N) is 3. The Morgan fingerprint density at radius 3 is 2.26 bits per heavy atom. The summed E-state index contributed by atoms with van der Waals surface area (Å²) >= 11 is 20.9. The topological polar surface area (TPSA) is 71.8 Å². The predicted molar refractivity (Wildman–Crippen MR) is 157 cm³/mol. The maximum Gasteiger partial charge on any atom is 0.274 e. The number of fused-ring (bicyclic) bond motifs is 2. The van der Waals surface area contributed by atoms with Crippen molar-refractivity contribution in [1.29, 1.82) is 0 Å². The number of anilines is 1.